The molecule has 1 aromatic heterocycles. The average molecular weight is 303 g/mol. The molecule has 14 heavy (non-hydrogen) atoms. The van der Waals surface area contributed by atoms with Crippen LogP contribution < -0.4 is 5.73 Å². The van der Waals surface area contributed by atoms with E-state index in [1.165, 1.54) is 16.9 Å². The Bertz CT molecular complexity index is 467. The van der Waals surface area contributed by atoms with Gasteiger partial charge in [-0.2, -0.15) is 5.10 Å². The molecule has 3 nitrogen and oxygen atoms in total. The van der Waals surface area contributed by atoms with Crippen molar-refractivity contribution in [2.45, 2.75) is 0 Å². The summed E-state index contributed by atoms with van der Waals surface area (Å²) in [6.45, 7) is 0. The highest BCUT2D eigenvalue weighted by Crippen LogP contribution is 2.17. The monoisotopic (exact) mass is 303 g/mol. The van der Waals surface area contributed by atoms with Crippen LogP contribution >= 0.6 is 22.6 Å². The van der Waals surface area contributed by atoms with E-state index in [0.29, 0.717) is 11.4 Å². The number of nitrogens with two attached hydrogens (primary N) is 1. The first-order chi connectivity index (χ1) is 6.66. The van der Waals surface area contributed by atoms with Crippen molar-refractivity contribution in [3.8, 4) is 5.69 Å². The van der Waals surface area contributed by atoms with Crippen molar-refractivity contribution in [3.05, 3.63) is 40.0 Å². The van der Waals surface area contributed by atoms with Crippen LogP contribution in [0, 0.1) is 9.39 Å². The number of rotatable bonds is 1. The number of halogens is 2. The van der Waals surface area contributed by atoms with Gasteiger partial charge in [0.1, 0.15) is 11.5 Å². The predicted molar refractivity (Wildman–Crippen MR) is 60.7 cm³/mol. The van der Waals surface area contributed by atoms with E-state index in [2.05, 4.69) is 27.7 Å². The molecule has 0 aliphatic rings. The molecular formula is C9H7FIN3. The lowest BCUT2D eigenvalue weighted by Crippen LogP contribution is -1.98. The molecule has 0 fully saturated rings. The molecular weight excluding hydrogens is 296 g/mol. The number of nitrogens with zero attached hydrogens (tertiary/aromatic N) is 2. The number of benzene rings is 1. The van der Waals surface area contributed by atoms with Gasteiger partial charge in [0.05, 0.1) is 18.1 Å². The van der Waals surface area contributed by atoms with E-state index in [1.54, 1.807) is 18.3 Å². The lowest BCUT2D eigenvalue weighted by molar-refractivity contribution is 0.610. The Balaban J connectivity index is 2.55. The summed E-state index contributed by atoms with van der Waals surface area (Å²) in [5, 5.41) is 3.94. The second kappa shape index (κ2) is 3.56. The number of anilines is 1. The normalized spacial score (nSPS) is 10.4. The molecule has 0 aliphatic heterocycles. The zero-order valence-corrected chi connectivity index (χ0v) is 9.27. The van der Waals surface area contributed by atoms with Gasteiger partial charge in [0.15, 0.2) is 0 Å². The van der Waals surface area contributed by atoms with E-state index < -0.39 is 0 Å². The minimum Gasteiger partial charge on any atom is -0.396 e. The Morgan fingerprint density at radius 1 is 1.43 bits per heavy atom. The van der Waals surface area contributed by atoms with Crippen LogP contribution in [-0.2, 0) is 0 Å². The van der Waals surface area contributed by atoms with Crippen LogP contribution in [0.15, 0.2) is 30.6 Å². The van der Waals surface area contributed by atoms with Crippen LogP contribution in [0.25, 0.3) is 5.69 Å². The first-order valence-electron chi connectivity index (χ1n) is 3.92. The molecule has 2 rings (SSSR count). The fourth-order valence-corrected chi connectivity index (χ4v) is 1.60. The van der Waals surface area contributed by atoms with Crippen LogP contribution in [0.5, 0.6) is 0 Å². The molecule has 0 saturated carbocycles. The third kappa shape index (κ3) is 1.72. The summed E-state index contributed by atoms with van der Waals surface area (Å²) in [6.07, 6.45) is 3.06. The van der Waals surface area contributed by atoms with Crippen molar-refractivity contribution in [2.75, 3.05) is 5.73 Å². The zero-order valence-electron chi connectivity index (χ0n) is 7.11. The predicted octanol–water partition coefficient (Wildman–Crippen LogP) is 2.20. The molecule has 1 heterocycles. The number of aromatic nitrogens is 2. The highest BCUT2D eigenvalue weighted by Gasteiger charge is 2.05. The van der Waals surface area contributed by atoms with Crippen molar-refractivity contribution in [1.29, 1.82) is 0 Å². The second-order valence-electron chi connectivity index (χ2n) is 2.81. The van der Waals surface area contributed by atoms with Gasteiger partial charge in [-0.05, 0) is 40.8 Å². The molecule has 0 amide bonds. The van der Waals surface area contributed by atoms with Crippen molar-refractivity contribution in [2.24, 2.45) is 0 Å². The molecule has 72 valence electrons. The van der Waals surface area contributed by atoms with Gasteiger partial charge >= 0.3 is 0 Å². The Hall–Kier alpha value is -1.11. The lowest BCUT2D eigenvalue weighted by Gasteiger charge is -2.02. The van der Waals surface area contributed by atoms with Crippen molar-refractivity contribution in [1.82, 2.24) is 9.78 Å². The summed E-state index contributed by atoms with van der Waals surface area (Å²) in [5.41, 5.74) is 6.42. The SMILES string of the molecule is Nc1cnn(-c2cc(I)ccc2F)c1. The first-order valence-corrected chi connectivity index (χ1v) is 5.00. The van der Waals surface area contributed by atoms with Gasteiger partial charge in [0.2, 0.25) is 0 Å². The molecule has 0 atom stereocenters. The maximum absolute atomic E-state index is 13.4. The third-order valence-corrected chi connectivity index (χ3v) is 2.43. The Morgan fingerprint density at radius 3 is 2.86 bits per heavy atom. The Kier molecular flexibility index (Phi) is 2.40. The van der Waals surface area contributed by atoms with Crippen LogP contribution in [0.1, 0.15) is 0 Å². The fourth-order valence-electron chi connectivity index (χ4n) is 1.13. The van der Waals surface area contributed by atoms with Crippen molar-refractivity contribution >= 4 is 28.3 Å². The molecule has 0 radical (unpaired) electrons. The summed E-state index contributed by atoms with van der Waals surface area (Å²) < 4.78 is 15.7. The van der Waals surface area contributed by atoms with Crippen molar-refractivity contribution < 1.29 is 4.39 Å². The largest absolute Gasteiger partial charge is 0.396 e. The Morgan fingerprint density at radius 2 is 2.21 bits per heavy atom. The summed E-state index contributed by atoms with van der Waals surface area (Å²) in [5.74, 6) is -0.312. The van der Waals surface area contributed by atoms with E-state index in [-0.39, 0.29) is 5.82 Å². The molecule has 0 bridgehead atoms. The summed E-state index contributed by atoms with van der Waals surface area (Å²) in [6, 6.07) is 4.82. The van der Waals surface area contributed by atoms with Gasteiger partial charge in [-0.25, -0.2) is 9.07 Å². The van der Waals surface area contributed by atoms with Crippen LogP contribution in [0.2, 0.25) is 0 Å². The van der Waals surface area contributed by atoms with Crippen LogP contribution in [0.3, 0.4) is 0 Å². The summed E-state index contributed by atoms with van der Waals surface area (Å²) >= 11 is 2.12. The van der Waals surface area contributed by atoms with E-state index >= 15 is 0 Å². The average Bonchev–Trinajstić information content (AvgIpc) is 2.56. The topological polar surface area (TPSA) is 43.8 Å². The van der Waals surface area contributed by atoms with E-state index in [9.17, 15) is 4.39 Å². The van der Waals surface area contributed by atoms with Gasteiger partial charge in [0, 0.05) is 3.57 Å². The summed E-state index contributed by atoms with van der Waals surface area (Å²) in [4.78, 5) is 0. The highest BCUT2D eigenvalue weighted by molar-refractivity contribution is 14.1. The van der Waals surface area contributed by atoms with Crippen LogP contribution in [0.4, 0.5) is 10.1 Å². The van der Waals surface area contributed by atoms with Crippen molar-refractivity contribution in [3.63, 3.8) is 0 Å². The van der Waals surface area contributed by atoms with Gasteiger partial charge < -0.3 is 5.73 Å². The Labute approximate surface area is 93.9 Å². The maximum atomic E-state index is 13.4. The molecule has 2 N–H and O–H groups in total. The molecule has 1 aromatic carbocycles. The standard InChI is InChI=1S/C9H7FIN3/c10-8-2-1-6(11)3-9(8)14-5-7(12)4-13-14/h1-5H,12H2. The van der Waals surface area contributed by atoms with Crippen LogP contribution in [-0.4, -0.2) is 9.78 Å². The van der Waals surface area contributed by atoms with Gasteiger partial charge in [-0.3, -0.25) is 0 Å². The van der Waals surface area contributed by atoms with E-state index in [4.69, 9.17) is 5.73 Å². The minimum absolute atomic E-state index is 0.312. The maximum Gasteiger partial charge on any atom is 0.148 e. The third-order valence-electron chi connectivity index (χ3n) is 1.76. The molecule has 0 saturated heterocycles. The fraction of sp³-hybridized carbons (Fsp3) is 0. The molecule has 0 aliphatic carbocycles. The molecule has 0 spiro atoms. The zero-order chi connectivity index (χ0) is 10.1. The molecule has 5 heteroatoms. The second-order valence-corrected chi connectivity index (χ2v) is 4.06. The van der Waals surface area contributed by atoms with E-state index in [1.807, 2.05) is 0 Å². The lowest BCUT2D eigenvalue weighted by atomic mass is 10.3. The summed E-state index contributed by atoms with van der Waals surface area (Å²) in [7, 11) is 0. The highest BCUT2D eigenvalue weighted by atomic mass is 127. The number of nitrogen functional groups attached to an aromatic ring is 1. The van der Waals surface area contributed by atoms with Gasteiger partial charge in [0.25, 0.3) is 0 Å². The molecule has 0 unspecified atom stereocenters. The molecule has 2 aromatic rings. The van der Waals surface area contributed by atoms with Gasteiger partial charge in [-0.1, -0.05) is 0 Å². The van der Waals surface area contributed by atoms with E-state index in [0.717, 1.165) is 3.57 Å². The number of hydrogen-bond acceptors (Lipinski definition) is 2. The number of hydrogen-bond donors (Lipinski definition) is 1. The smallest absolute Gasteiger partial charge is 0.148 e. The van der Waals surface area contributed by atoms with Gasteiger partial charge in [-0.15, -0.1) is 0 Å². The minimum atomic E-state index is -0.312. The first kappa shape index (κ1) is 9.45. The quantitative estimate of drug-likeness (QED) is 0.821.